The number of hydrogen-bond donors (Lipinski definition) is 2. The maximum Gasteiger partial charge on any atom is 0.258 e. The molecule has 1 aromatic carbocycles. The van der Waals surface area contributed by atoms with Crippen molar-refractivity contribution in [2.75, 3.05) is 13.2 Å². The zero-order chi connectivity index (χ0) is 12.8. The molecular weight excluding hydrogens is 282 g/mol. The molecule has 102 valence electrons. The lowest BCUT2D eigenvalue weighted by Crippen LogP contribution is -2.40. The Labute approximate surface area is 116 Å². The van der Waals surface area contributed by atoms with E-state index in [1.165, 1.54) is 18.2 Å². The first-order chi connectivity index (χ1) is 8.02. The number of benzene rings is 1. The third-order valence-electron chi connectivity index (χ3n) is 2.02. The van der Waals surface area contributed by atoms with Crippen LogP contribution in [0.3, 0.4) is 0 Å². The van der Waals surface area contributed by atoms with Gasteiger partial charge in [-0.15, -0.1) is 12.4 Å². The summed E-state index contributed by atoms with van der Waals surface area (Å²) in [6, 6.07) is 3.79. The second kappa shape index (κ2) is 8.13. The van der Waals surface area contributed by atoms with Gasteiger partial charge in [0.05, 0.1) is 5.02 Å². The minimum atomic E-state index is -0.528. The van der Waals surface area contributed by atoms with E-state index in [0.717, 1.165) is 0 Å². The van der Waals surface area contributed by atoms with Crippen LogP contribution in [0.4, 0.5) is 4.39 Å². The van der Waals surface area contributed by atoms with Gasteiger partial charge >= 0.3 is 0 Å². The van der Waals surface area contributed by atoms with E-state index in [1.807, 2.05) is 0 Å². The molecule has 7 heteroatoms. The van der Waals surface area contributed by atoms with Crippen molar-refractivity contribution in [3.05, 3.63) is 29.0 Å². The first-order valence-electron chi connectivity index (χ1n) is 5.10. The number of carbonyl (C=O) groups is 1. The zero-order valence-electron chi connectivity index (χ0n) is 9.78. The summed E-state index contributed by atoms with van der Waals surface area (Å²) in [4.78, 5) is 11.3. The standard InChI is InChI=1S/C11H14ClFN2O2.ClH/c1-7(5-14)15-11(16)6-17-8-2-3-10(13)9(12)4-8;/h2-4,7H,5-6,14H2,1H3,(H,15,16);1H/t7-;/m0./s1. The van der Waals surface area contributed by atoms with E-state index in [2.05, 4.69) is 5.32 Å². The largest absolute Gasteiger partial charge is 0.484 e. The van der Waals surface area contributed by atoms with Crippen LogP contribution < -0.4 is 15.8 Å². The molecule has 0 aromatic heterocycles. The van der Waals surface area contributed by atoms with Crippen molar-refractivity contribution < 1.29 is 13.9 Å². The summed E-state index contributed by atoms with van der Waals surface area (Å²) in [5.74, 6) is -0.476. The van der Waals surface area contributed by atoms with Gasteiger partial charge in [-0.2, -0.15) is 0 Å². The van der Waals surface area contributed by atoms with Gasteiger partial charge in [0.2, 0.25) is 0 Å². The van der Waals surface area contributed by atoms with Crippen LogP contribution >= 0.6 is 24.0 Å². The van der Waals surface area contributed by atoms with E-state index < -0.39 is 5.82 Å². The number of hydrogen-bond acceptors (Lipinski definition) is 3. The molecule has 0 unspecified atom stereocenters. The first kappa shape index (κ1) is 17.0. The first-order valence-corrected chi connectivity index (χ1v) is 5.48. The van der Waals surface area contributed by atoms with Gasteiger partial charge in [-0.05, 0) is 19.1 Å². The predicted molar refractivity (Wildman–Crippen MR) is 70.8 cm³/mol. The SMILES string of the molecule is C[C@@H](CN)NC(=O)COc1ccc(F)c(Cl)c1.Cl. The van der Waals surface area contributed by atoms with Crippen LogP contribution in [0.1, 0.15) is 6.92 Å². The van der Waals surface area contributed by atoms with Crippen LogP contribution in [0, 0.1) is 5.82 Å². The smallest absolute Gasteiger partial charge is 0.258 e. The summed E-state index contributed by atoms with van der Waals surface area (Å²) in [5, 5.41) is 2.59. The molecule has 0 heterocycles. The Hall–Kier alpha value is -1.04. The fourth-order valence-corrected chi connectivity index (χ4v) is 1.26. The van der Waals surface area contributed by atoms with E-state index in [0.29, 0.717) is 12.3 Å². The van der Waals surface area contributed by atoms with Gasteiger partial charge in [0.25, 0.3) is 5.91 Å². The van der Waals surface area contributed by atoms with Gasteiger partial charge in [0, 0.05) is 18.7 Å². The highest BCUT2D eigenvalue weighted by Gasteiger charge is 2.07. The maximum absolute atomic E-state index is 12.8. The lowest BCUT2D eigenvalue weighted by molar-refractivity contribution is -0.123. The second-order valence-corrected chi connectivity index (χ2v) is 3.98. The van der Waals surface area contributed by atoms with Crippen molar-refractivity contribution in [1.82, 2.24) is 5.32 Å². The average Bonchev–Trinajstić information content (AvgIpc) is 2.30. The molecule has 1 aromatic rings. The molecule has 1 atom stereocenters. The highest BCUT2D eigenvalue weighted by atomic mass is 35.5. The highest BCUT2D eigenvalue weighted by Crippen LogP contribution is 2.20. The van der Waals surface area contributed by atoms with Gasteiger partial charge in [-0.3, -0.25) is 4.79 Å². The lowest BCUT2D eigenvalue weighted by atomic mass is 10.3. The fourth-order valence-electron chi connectivity index (χ4n) is 1.09. The van der Waals surface area contributed by atoms with Gasteiger partial charge in [-0.25, -0.2) is 4.39 Å². The summed E-state index contributed by atoms with van der Waals surface area (Å²) in [6.45, 7) is 1.98. The third kappa shape index (κ3) is 5.53. The van der Waals surface area contributed by atoms with Gasteiger partial charge in [0.15, 0.2) is 6.61 Å². The zero-order valence-corrected chi connectivity index (χ0v) is 11.4. The average molecular weight is 297 g/mol. The Morgan fingerprint density at radius 2 is 2.28 bits per heavy atom. The number of rotatable bonds is 5. The van der Waals surface area contributed by atoms with Crippen molar-refractivity contribution in [2.24, 2.45) is 5.73 Å². The summed E-state index contributed by atoms with van der Waals surface area (Å²) in [7, 11) is 0. The van der Waals surface area contributed by atoms with E-state index >= 15 is 0 Å². The topological polar surface area (TPSA) is 64.3 Å². The monoisotopic (exact) mass is 296 g/mol. The Morgan fingerprint density at radius 1 is 1.61 bits per heavy atom. The van der Waals surface area contributed by atoms with Crippen molar-refractivity contribution in [2.45, 2.75) is 13.0 Å². The molecule has 18 heavy (non-hydrogen) atoms. The van der Waals surface area contributed by atoms with Crippen molar-refractivity contribution in [3.8, 4) is 5.75 Å². The summed E-state index contributed by atoms with van der Waals surface area (Å²) in [5.41, 5.74) is 5.35. The van der Waals surface area contributed by atoms with Crippen LogP contribution in [-0.2, 0) is 4.79 Å². The number of halogens is 3. The number of amides is 1. The molecule has 1 amide bonds. The molecule has 0 saturated heterocycles. The van der Waals surface area contributed by atoms with Gasteiger partial charge < -0.3 is 15.8 Å². The lowest BCUT2D eigenvalue weighted by Gasteiger charge is -2.12. The van der Waals surface area contributed by atoms with Crippen LogP contribution in [-0.4, -0.2) is 25.1 Å². The van der Waals surface area contributed by atoms with E-state index in [9.17, 15) is 9.18 Å². The summed E-state index contributed by atoms with van der Waals surface area (Å²) >= 11 is 5.56. The maximum atomic E-state index is 12.8. The Morgan fingerprint density at radius 3 is 2.83 bits per heavy atom. The molecule has 0 spiro atoms. The Bertz CT molecular complexity index is 405. The molecule has 0 aliphatic rings. The van der Waals surface area contributed by atoms with E-state index in [-0.39, 0.29) is 36.0 Å². The van der Waals surface area contributed by atoms with Gasteiger partial charge in [0.1, 0.15) is 11.6 Å². The number of ether oxygens (including phenoxy) is 1. The fraction of sp³-hybridized carbons (Fsp3) is 0.364. The molecule has 4 nitrogen and oxygen atoms in total. The predicted octanol–water partition coefficient (Wildman–Crippen LogP) is 1.74. The van der Waals surface area contributed by atoms with Crippen molar-refractivity contribution in [3.63, 3.8) is 0 Å². The molecule has 3 N–H and O–H groups in total. The van der Waals surface area contributed by atoms with Crippen molar-refractivity contribution in [1.29, 1.82) is 0 Å². The molecule has 0 aliphatic carbocycles. The van der Waals surface area contributed by atoms with Gasteiger partial charge in [-0.1, -0.05) is 11.6 Å². The second-order valence-electron chi connectivity index (χ2n) is 3.57. The molecular formula is C11H15Cl2FN2O2. The van der Waals surface area contributed by atoms with Crippen LogP contribution in [0.2, 0.25) is 5.02 Å². The molecule has 1 rings (SSSR count). The third-order valence-corrected chi connectivity index (χ3v) is 2.31. The number of nitrogens with one attached hydrogen (secondary N) is 1. The highest BCUT2D eigenvalue weighted by molar-refractivity contribution is 6.30. The Kier molecular flexibility index (Phi) is 7.66. The number of carbonyl (C=O) groups excluding carboxylic acids is 1. The normalized spacial score (nSPS) is 11.3. The summed E-state index contributed by atoms with van der Waals surface area (Å²) in [6.07, 6.45) is 0. The van der Waals surface area contributed by atoms with E-state index in [4.69, 9.17) is 22.1 Å². The van der Waals surface area contributed by atoms with Crippen molar-refractivity contribution >= 4 is 29.9 Å². The quantitative estimate of drug-likeness (QED) is 0.870. The van der Waals surface area contributed by atoms with Crippen LogP contribution in [0.25, 0.3) is 0 Å². The molecule has 0 radical (unpaired) electrons. The minimum absolute atomic E-state index is 0. The molecule has 0 saturated carbocycles. The summed E-state index contributed by atoms with van der Waals surface area (Å²) < 4.78 is 18.0. The molecule has 0 fully saturated rings. The number of nitrogens with two attached hydrogens (primary N) is 1. The van der Waals surface area contributed by atoms with Crippen LogP contribution in [0.15, 0.2) is 18.2 Å². The molecule has 0 aliphatic heterocycles. The van der Waals surface area contributed by atoms with Crippen LogP contribution in [0.5, 0.6) is 5.75 Å². The molecule has 0 bridgehead atoms. The minimum Gasteiger partial charge on any atom is -0.484 e. The van der Waals surface area contributed by atoms with E-state index in [1.54, 1.807) is 6.92 Å². The Balaban J connectivity index is 0.00000289.